The van der Waals surface area contributed by atoms with E-state index >= 15 is 0 Å². The maximum absolute atomic E-state index is 12.9. The average molecular weight is 398 g/mol. The lowest BCUT2D eigenvalue weighted by Crippen LogP contribution is -2.54. The fourth-order valence-corrected chi connectivity index (χ4v) is 4.42. The number of anilines is 1. The van der Waals surface area contributed by atoms with Gasteiger partial charge in [-0.2, -0.15) is 0 Å². The van der Waals surface area contributed by atoms with Crippen molar-refractivity contribution in [2.24, 2.45) is 5.41 Å². The molecule has 2 unspecified atom stereocenters. The van der Waals surface area contributed by atoms with Crippen LogP contribution in [0.1, 0.15) is 60.2 Å². The molecule has 3 heterocycles. The maximum atomic E-state index is 12.9. The van der Waals surface area contributed by atoms with E-state index in [2.05, 4.69) is 29.8 Å². The van der Waals surface area contributed by atoms with Gasteiger partial charge in [0.05, 0.1) is 11.1 Å². The topological polar surface area (TPSA) is 108 Å². The SMILES string of the molecule is CC1(C)CCCNC1CNc1ccc2c(c1)C(=O)N(C1CCC(=O)NC1=O)C2=O. The molecule has 4 amide bonds. The highest BCUT2D eigenvalue weighted by atomic mass is 16.2. The number of carbonyl (C=O) groups excluding carboxylic acids is 4. The quantitative estimate of drug-likeness (QED) is 0.660. The Bertz CT molecular complexity index is 895. The highest BCUT2D eigenvalue weighted by Gasteiger charge is 2.44. The summed E-state index contributed by atoms with van der Waals surface area (Å²) < 4.78 is 0. The standard InChI is InChI=1S/C21H26N4O4/c1-21(2)8-3-9-22-16(21)11-23-12-4-5-13-14(10-12)20(29)25(19(13)28)15-6-7-17(26)24-18(15)27/h4-5,10,15-16,22-23H,3,6-9,11H2,1-2H3,(H,24,26,27). The van der Waals surface area contributed by atoms with E-state index in [9.17, 15) is 19.2 Å². The lowest BCUT2D eigenvalue weighted by Gasteiger charge is -2.39. The summed E-state index contributed by atoms with van der Waals surface area (Å²) in [6, 6.07) is 4.46. The first-order valence-corrected chi connectivity index (χ1v) is 10.1. The van der Waals surface area contributed by atoms with Crippen LogP contribution < -0.4 is 16.0 Å². The van der Waals surface area contributed by atoms with Gasteiger partial charge in [0.25, 0.3) is 11.8 Å². The van der Waals surface area contributed by atoms with Crippen LogP contribution in [0, 0.1) is 5.41 Å². The predicted molar refractivity (Wildman–Crippen MR) is 106 cm³/mol. The van der Waals surface area contributed by atoms with Crippen molar-refractivity contribution in [2.45, 2.75) is 51.6 Å². The number of fused-ring (bicyclic) bond motifs is 1. The summed E-state index contributed by atoms with van der Waals surface area (Å²) in [5.74, 6) is -1.95. The molecule has 8 heteroatoms. The van der Waals surface area contributed by atoms with Crippen molar-refractivity contribution < 1.29 is 19.2 Å². The number of amides is 4. The molecule has 3 N–H and O–H groups in total. The Morgan fingerprint density at radius 1 is 1.14 bits per heavy atom. The molecule has 0 aromatic heterocycles. The summed E-state index contributed by atoms with van der Waals surface area (Å²) in [6.45, 7) is 6.20. The monoisotopic (exact) mass is 398 g/mol. The van der Waals surface area contributed by atoms with Crippen LogP contribution in [0.25, 0.3) is 0 Å². The predicted octanol–water partition coefficient (Wildman–Crippen LogP) is 1.28. The normalized spacial score (nSPS) is 26.3. The van der Waals surface area contributed by atoms with E-state index in [4.69, 9.17) is 0 Å². The minimum absolute atomic E-state index is 0.112. The molecule has 3 aliphatic rings. The Morgan fingerprint density at radius 2 is 1.90 bits per heavy atom. The van der Waals surface area contributed by atoms with Gasteiger partial charge in [0.15, 0.2) is 0 Å². The molecule has 0 aliphatic carbocycles. The largest absolute Gasteiger partial charge is 0.383 e. The summed E-state index contributed by atoms with van der Waals surface area (Å²) >= 11 is 0. The molecule has 29 heavy (non-hydrogen) atoms. The van der Waals surface area contributed by atoms with E-state index < -0.39 is 23.8 Å². The van der Waals surface area contributed by atoms with E-state index in [1.807, 2.05) is 0 Å². The zero-order chi connectivity index (χ0) is 20.8. The average Bonchev–Trinajstić information content (AvgIpc) is 2.91. The molecule has 0 bridgehead atoms. The van der Waals surface area contributed by atoms with Gasteiger partial charge in [-0.1, -0.05) is 13.8 Å². The minimum atomic E-state index is -0.941. The van der Waals surface area contributed by atoms with Gasteiger partial charge in [-0.05, 0) is 49.4 Å². The highest BCUT2D eigenvalue weighted by Crippen LogP contribution is 2.32. The van der Waals surface area contributed by atoms with Crippen LogP contribution in [-0.2, 0) is 9.59 Å². The first-order chi connectivity index (χ1) is 13.8. The molecule has 0 radical (unpaired) electrons. The van der Waals surface area contributed by atoms with E-state index in [-0.39, 0.29) is 24.2 Å². The highest BCUT2D eigenvalue weighted by molar-refractivity contribution is 6.23. The zero-order valence-electron chi connectivity index (χ0n) is 16.7. The Labute approximate surface area is 169 Å². The van der Waals surface area contributed by atoms with Crippen LogP contribution in [0.3, 0.4) is 0 Å². The molecule has 4 rings (SSSR count). The molecule has 3 aliphatic heterocycles. The van der Waals surface area contributed by atoms with Gasteiger partial charge < -0.3 is 10.6 Å². The molecular weight excluding hydrogens is 372 g/mol. The van der Waals surface area contributed by atoms with Crippen LogP contribution in [-0.4, -0.2) is 53.7 Å². The lowest BCUT2D eigenvalue weighted by molar-refractivity contribution is -0.136. The number of hydrogen-bond acceptors (Lipinski definition) is 6. The van der Waals surface area contributed by atoms with Crippen LogP contribution in [0.4, 0.5) is 5.69 Å². The van der Waals surface area contributed by atoms with Gasteiger partial charge in [0.2, 0.25) is 11.8 Å². The van der Waals surface area contributed by atoms with Crippen LogP contribution in [0.5, 0.6) is 0 Å². The van der Waals surface area contributed by atoms with Crippen molar-refractivity contribution in [2.75, 3.05) is 18.4 Å². The molecule has 2 atom stereocenters. The second kappa shape index (κ2) is 7.26. The van der Waals surface area contributed by atoms with E-state index in [0.717, 1.165) is 30.0 Å². The lowest BCUT2D eigenvalue weighted by atomic mass is 9.77. The summed E-state index contributed by atoms with van der Waals surface area (Å²) in [4.78, 5) is 50.1. The van der Waals surface area contributed by atoms with E-state index in [1.165, 1.54) is 0 Å². The van der Waals surface area contributed by atoms with Gasteiger partial charge in [0, 0.05) is 24.7 Å². The third kappa shape index (κ3) is 3.53. The third-order valence-electron chi connectivity index (χ3n) is 6.28. The molecule has 1 aromatic rings. The number of rotatable bonds is 4. The van der Waals surface area contributed by atoms with Gasteiger partial charge in [-0.3, -0.25) is 29.4 Å². The summed E-state index contributed by atoms with van der Waals surface area (Å²) in [5, 5.41) is 9.12. The van der Waals surface area contributed by atoms with Crippen molar-refractivity contribution in [3.05, 3.63) is 29.3 Å². The maximum Gasteiger partial charge on any atom is 0.262 e. The number of piperidine rings is 2. The van der Waals surface area contributed by atoms with Crippen molar-refractivity contribution in [3.63, 3.8) is 0 Å². The van der Waals surface area contributed by atoms with Crippen LogP contribution in [0.15, 0.2) is 18.2 Å². The van der Waals surface area contributed by atoms with E-state index in [1.54, 1.807) is 18.2 Å². The number of nitrogens with one attached hydrogen (secondary N) is 3. The Kier molecular flexibility index (Phi) is 4.90. The number of imide groups is 2. The fraction of sp³-hybridized carbons (Fsp3) is 0.524. The van der Waals surface area contributed by atoms with Gasteiger partial charge >= 0.3 is 0 Å². The number of carbonyl (C=O) groups is 4. The molecule has 0 saturated carbocycles. The first kappa shape index (κ1) is 19.6. The molecule has 8 nitrogen and oxygen atoms in total. The number of hydrogen-bond donors (Lipinski definition) is 3. The Balaban J connectivity index is 1.50. The van der Waals surface area contributed by atoms with Gasteiger partial charge in [-0.25, -0.2) is 0 Å². The Hall–Kier alpha value is -2.74. The second-order valence-electron chi connectivity index (χ2n) is 8.69. The van der Waals surface area contributed by atoms with Crippen LogP contribution in [0.2, 0.25) is 0 Å². The molecule has 1 aromatic carbocycles. The fourth-order valence-electron chi connectivity index (χ4n) is 4.42. The van der Waals surface area contributed by atoms with Crippen molar-refractivity contribution >= 4 is 29.3 Å². The minimum Gasteiger partial charge on any atom is -0.383 e. The van der Waals surface area contributed by atoms with Crippen molar-refractivity contribution in [3.8, 4) is 0 Å². The summed E-state index contributed by atoms with van der Waals surface area (Å²) in [7, 11) is 0. The third-order valence-corrected chi connectivity index (χ3v) is 6.28. The summed E-state index contributed by atoms with van der Waals surface area (Å²) in [5.41, 5.74) is 1.52. The van der Waals surface area contributed by atoms with Crippen molar-refractivity contribution in [1.82, 2.24) is 15.5 Å². The summed E-state index contributed by atoms with van der Waals surface area (Å²) in [6.07, 6.45) is 2.59. The smallest absolute Gasteiger partial charge is 0.262 e. The molecule has 154 valence electrons. The molecule has 0 spiro atoms. The first-order valence-electron chi connectivity index (χ1n) is 10.1. The Morgan fingerprint density at radius 3 is 2.62 bits per heavy atom. The second-order valence-corrected chi connectivity index (χ2v) is 8.69. The zero-order valence-corrected chi connectivity index (χ0v) is 16.7. The van der Waals surface area contributed by atoms with Crippen LogP contribution >= 0.6 is 0 Å². The molecular formula is C21H26N4O4. The van der Waals surface area contributed by atoms with E-state index in [0.29, 0.717) is 23.7 Å². The number of nitrogens with zero attached hydrogens (tertiary/aromatic N) is 1. The van der Waals surface area contributed by atoms with Gasteiger partial charge in [0.1, 0.15) is 6.04 Å². The van der Waals surface area contributed by atoms with Crippen molar-refractivity contribution in [1.29, 1.82) is 0 Å². The molecule has 2 fully saturated rings. The van der Waals surface area contributed by atoms with Gasteiger partial charge in [-0.15, -0.1) is 0 Å². The number of benzene rings is 1. The molecule has 2 saturated heterocycles.